The number of hydrogen-bond acceptors (Lipinski definition) is 2. The van der Waals surface area contributed by atoms with Crippen molar-refractivity contribution in [1.82, 2.24) is 0 Å². The Morgan fingerprint density at radius 3 is 2.00 bits per heavy atom. The van der Waals surface area contributed by atoms with Crippen molar-refractivity contribution in [1.29, 1.82) is 0 Å². The van der Waals surface area contributed by atoms with E-state index in [0.717, 1.165) is 0 Å². The Bertz CT molecular complexity index is 212. The maximum atomic E-state index is 10.3. The Labute approximate surface area is 72.3 Å². The molecule has 48 valence electrons. The molecule has 0 aliphatic rings. The van der Waals surface area contributed by atoms with Crippen LogP contribution in [-0.4, -0.2) is 0 Å². The molecule has 4 heteroatoms. The molecular weight excluding hydrogens is 142 g/mol. The Hall–Kier alpha value is 0.00740. The smallest absolute Gasteiger partial charge is 0.798 e. The van der Waals surface area contributed by atoms with Crippen molar-refractivity contribution < 1.29 is 28.3 Å². The van der Waals surface area contributed by atoms with Gasteiger partial charge in [-0.3, -0.25) is 0 Å². The van der Waals surface area contributed by atoms with E-state index in [2.05, 4.69) is 0 Å². The van der Waals surface area contributed by atoms with Crippen molar-refractivity contribution in [2.24, 2.45) is 0 Å². The van der Waals surface area contributed by atoms with Crippen LogP contribution in [0.1, 0.15) is 0 Å². The molecule has 1 aromatic rings. The molecule has 1 aromatic carbocycles. The van der Waals surface area contributed by atoms with Crippen molar-refractivity contribution in [3.05, 3.63) is 30.3 Å². The van der Waals surface area contributed by atoms with Crippen LogP contribution >= 0.6 is 8.03 Å². The molecule has 0 radical (unpaired) electrons. The summed E-state index contributed by atoms with van der Waals surface area (Å²) >= 11 is 0. The first-order chi connectivity index (χ1) is 4.30. The van der Waals surface area contributed by atoms with Crippen LogP contribution < -0.4 is 29.1 Å². The fraction of sp³-hybridized carbons (Fsp3) is 0. The molecule has 0 saturated carbocycles. The van der Waals surface area contributed by atoms with Gasteiger partial charge in [-0.25, -0.2) is 0 Å². The topological polar surface area (TPSA) is 40.1 Å². The molecule has 0 bridgehead atoms. The molecule has 0 aromatic heterocycles. The molecular formula is C6H6LiO2P. The standard InChI is InChI=1S/C6H7O2P.Li/c7-9(8)6-4-2-1-3-5-6;/h1-5,9H,(H,7,8);/q;+1/p-1. The maximum Gasteiger partial charge on any atom is 1.00 e. The second-order valence-corrected chi connectivity index (χ2v) is 2.81. The van der Waals surface area contributed by atoms with Crippen molar-refractivity contribution in [2.45, 2.75) is 0 Å². The summed E-state index contributed by atoms with van der Waals surface area (Å²) < 4.78 is 10.3. The van der Waals surface area contributed by atoms with Crippen molar-refractivity contribution in [2.75, 3.05) is 0 Å². The first-order valence-corrected chi connectivity index (χ1v) is 3.89. The maximum absolute atomic E-state index is 10.3. The second-order valence-electron chi connectivity index (χ2n) is 1.65. The molecule has 1 rings (SSSR count). The van der Waals surface area contributed by atoms with Crippen LogP contribution in [-0.2, 0) is 4.57 Å². The average Bonchev–Trinajstić information content (AvgIpc) is 1.90. The minimum atomic E-state index is -2.71. The van der Waals surface area contributed by atoms with E-state index in [9.17, 15) is 9.46 Å². The fourth-order valence-corrected chi connectivity index (χ4v) is 1.04. The summed E-state index contributed by atoms with van der Waals surface area (Å²) in [6, 6.07) is 8.35. The van der Waals surface area contributed by atoms with Crippen molar-refractivity contribution >= 4 is 13.3 Å². The molecule has 0 heterocycles. The van der Waals surface area contributed by atoms with Gasteiger partial charge in [0.1, 0.15) is 0 Å². The van der Waals surface area contributed by atoms with Gasteiger partial charge in [0.25, 0.3) is 0 Å². The molecule has 1 unspecified atom stereocenters. The number of rotatable bonds is 1. The minimum absolute atomic E-state index is 0. The third kappa shape index (κ3) is 2.73. The Kier molecular flexibility index (Phi) is 4.77. The summed E-state index contributed by atoms with van der Waals surface area (Å²) in [5.41, 5.74) is 0. The summed E-state index contributed by atoms with van der Waals surface area (Å²) in [6.45, 7) is 0. The molecule has 0 aliphatic carbocycles. The van der Waals surface area contributed by atoms with Crippen molar-refractivity contribution in [3.63, 3.8) is 0 Å². The van der Waals surface area contributed by atoms with Gasteiger partial charge < -0.3 is 9.46 Å². The zero-order valence-corrected chi connectivity index (χ0v) is 6.70. The summed E-state index contributed by atoms with van der Waals surface area (Å²) in [7, 11) is -2.71. The summed E-state index contributed by atoms with van der Waals surface area (Å²) in [5.74, 6) is 0. The van der Waals surface area contributed by atoms with Gasteiger partial charge in [-0.05, 0) is 5.30 Å². The first-order valence-electron chi connectivity index (χ1n) is 2.57. The molecule has 0 amide bonds. The third-order valence-corrected chi connectivity index (χ3v) is 1.81. The normalized spacial score (nSPS) is 11.7. The van der Waals surface area contributed by atoms with Gasteiger partial charge in [0.05, 0.1) is 0 Å². The zero-order valence-electron chi connectivity index (χ0n) is 5.70. The van der Waals surface area contributed by atoms with Crippen LogP contribution in [0.25, 0.3) is 0 Å². The Morgan fingerprint density at radius 2 is 1.70 bits per heavy atom. The third-order valence-electron chi connectivity index (χ3n) is 1.01. The van der Waals surface area contributed by atoms with Crippen LogP contribution in [0.2, 0.25) is 0 Å². The van der Waals surface area contributed by atoms with Gasteiger partial charge in [0, 0.05) is 8.03 Å². The van der Waals surface area contributed by atoms with E-state index in [-0.39, 0.29) is 18.9 Å². The zero-order chi connectivity index (χ0) is 6.69. The monoisotopic (exact) mass is 148 g/mol. The van der Waals surface area contributed by atoms with Crippen LogP contribution in [0, 0.1) is 0 Å². The Balaban J connectivity index is 0.000000810. The van der Waals surface area contributed by atoms with E-state index in [1.54, 1.807) is 30.3 Å². The van der Waals surface area contributed by atoms with E-state index in [0.29, 0.717) is 5.30 Å². The van der Waals surface area contributed by atoms with E-state index in [1.165, 1.54) is 0 Å². The second kappa shape index (κ2) is 4.77. The predicted molar refractivity (Wildman–Crippen MR) is 35.1 cm³/mol. The number of benzene rings is 1. The molecule has 1 atom stereocenters. The minimum Gasteiger partial charge on any atom is -0.798 e. The van der Waals surface area contributed by atoms with Crippen LogP contribution in [0.15, 0.2) is 30.3 Å². The number of hydrogen-bond donors (Lipinski definition) is 0. The Morgan fingerprint density at radius 1 is 1.20 bits per heavy atom. The summed E-state index contributed by atoms with van der Waals surface area (Å²) in [4.78, 5) is 10.3. The average molecular weight is 148 g/mol. The van der Waals surface area contributed by atoms with Crippen LogP contribution in [0.4, 0.5) is 0 Å². The quantitative estimate of drug-likeness (QED) is 0.317. The first kappa shape index (κ1) is 10.0. The fourth-order valence-electron chi connectivity index (χ4n) is 0.574. The van der Waals surface area contributed by atoms with Gasteiger partial charge in [-0.15, -0.1) is 0 Å². The van der Waals surface area contributed by atoms with Gasteiger partial charge in [0.15, 0.2) is 0 Å². The molecule has 0 fully saturated rings. The van der Waals surface area contributed by atoms with E-state index in [4.69, 9.17) is 0 Å². The molecule has 0 N–H and O–H groups in total. The van der Waals surface area contributed by atoms with E-state index >= 15 is 0 Å². The molecule has 10 heavy (non-hydrogen) atoms. The largest absolute Gasteiger partial charge is 1.00 e. The van der Waals surface area contributed by atoms with Crippen LogP contribution in [0.5, 0.6) is 0 Å². The van der Waals surface area contributed by atoms with Gasteiger partial charge in [-0.2, -0.15) is 0 Å². The summed E-state index contributed by atoms with van der Waals surface area (Å²) in [5, 5.41) is 0.405. The van der Waals surface area contributed by atoms with E-state index < -0.39 is 8.03 Å². The van der Waals surface area contributed by atoms with E-state index in [1.807, 2.05) is 0 Å². The van der Waals surface area contributed by atoms with Gasteiger partial charge in [-0.1, -0.05) is 30.3 Å². The molecule has 0 aliphatic heterocycles. The molecule has 0 saturated heterocycles. The van der Waals surface area contributed by atoms with Gasteiger partial charge >= 0.3 is 18.9 Å². The molecule has 2 nitrogen and oxygen atoms in total. The van der Waals surface area contributed by atoms with Crippen LogP contribution in [0.3, 0.4) is 0 Å². The SMILES string of the molecule is O=[PH]([O-])c1ccccc1.[Li+]. The summed E-state index contributed by atoms with van der Waals surface area (Å²) in [6.07, 6.45) is 0. The van der Waals surface area contributed by atoms with Gasteiger partial charge in [0.2, 0.25) is 0 Å². The van der Waals surface area contributed by atoms with Crippen molar-refractivity contribution in [3.8, 4) is 0 Å². The predicted octanol–water partition coefficient (Wildman–Crippen LogP) is -2.85. The molecule has 0 spiro atoms.